The van der Waals surface area contributed by atoms with Gasteiger partial charge in [-0.25, -0.2) is 14.3 Å². The van der Waals surface area contributed by atoms with Crippen LogP contribution in [-0.4, -0.2) is 32.0 Å². The average molecular weight is 436 g/mol. The van der Waals surface area contributed by atoms with Crippen molar-refractivity contribution in [3.63, 3.8) is 0 Å². The molecule has 7 nitrogen and oxygen atoms in total. The number of nitrogens with zero attached hydrogens (tertiary/aromatic N) is 3. The molecule has 0 saturated heterocycles. The zero-order chi connectivity index (χ0) is 23.0. The highest BCUT2D eigenvalue weighted by Crippen LogP contribution is 2.27. The van der Waals surface area contributed by atoms with E-state index in [1.165, 1.54) is 27.5 Å². The van der Waals surface area contributed by atoms with Crippen LogP contribution in [0.5, 0.6) is 0 Å². The highest BCUT2D eigenvalue weighted by atomic mass is 19.4. The number of para-hydroxylation sites is 1. The summed E-state index contributed by atoms with van der Waals surface area (Å²) in [5.41, 5.74) is 5.32. The Hall–Kier alpha value is -3.30. The third kappa shape index (κ3) is 5.25. The Bertz CT molecular complexity index is 1170. The van der Waals surface area contributed by atoms with E-state index in [9.17, 15) is 22.8 Å². The second-order valence-electron chi connectivity index (χ2n) is 8.14. The molecule has 0 aliphatic carbocycles. The van der Waals surface area contributed by atoms with Gasteiger partial charge in [0.1, 0.15) is 11.4 Å². The van der Waals surface area contributed by atoms with Gasteiger partial charge < -0.3 is 15.0 Å². The molecule has 2 heterocycles. The number of fused-ring (bicyclic) bond motifs is 1. The smallest absolute Gasteiger partial charge is 0.420 e. The number of nitrogen functional groups attached to an aromatic ring is 1. The van der Waals surface area contributed by atoms with Crippen molar-refractivity contribution in [2.75, 3.05) is 5.73 Å². The summed E-state index contributed by atoms with van der Waals surface area (Å²) in [6.07, 6.45) is -4.88. The van der Waals surface area contributed by atoms with Crippen molar-refractivity contribution < 1.29 is 22.7 Å². The number of pyridine rings is 1. The number of alkyl halides is 3. The summed E-state index contributed by atoms with van der Waals surface area (Å²) in [6, 6.07) is 7.70. The molecule has 0 spiro atoms. The Balaban J connectivity index is 2.14. The maximum atomic E-state index is 12.9. The molecule has 0 saturated carbocycles. The number of rotatable bonds is 4. The van der Waals surface area contributed by atoms with Crippen LogP contribution in [0.2, 0.25) is 0 Å². The van der Waals surface area contributed by atoms with E-state index in [2.05, 4.69) is 4.98 Å². The number of aromatic nitrogens is 3. The molecule has 0 aliphatic rings. The van der Waals surface area contributed by atoms with Gasteiger partial charge in [0.2, 0.25) is 0 Å². The second-order valence-corrected chi connectivity index (χ2v) is 8.14. The fourth-order valence-electron chi connectivity index (χ4n) is 3.13. The summed E-state index contributed by atoms with van der Waals surface area (Å²) in [4.78, 5) is 29.7. The number of benzene rings is 1. The first kappa shape index (κ1) is 22.4. The number of hydrogen-bond donors (Lipinski definition) is 1. The normalized spacial score (nSPS) is 12.3. The molecule has 3 rings (SSSR count). The summed E-state index contributed by atoms with van der Waals surface area (Å²) < 4.78 is 46.2. The SMILES string of the molecule is CC(C)(C)OC(=O)n1c(Cn2cccc(N)c2=O)nc2c(CCC(F)(F)F)cccc21. The minimum atomic E-state index is -4.33. The number of hydrogen-bond acceptors (Lipinski definition) is 5. The fourth-order valence-corrected chi connectivity index (χ4v) is 3.13. The third-order valence-electron chi connectivity index (χ3n) is 4.45. The molecule has 166 valence electrons. The molecule has 31 heavy (non-hydrogen) atoms. The Kier molecular flexibility index (Phi) is 5.84. The van der Waals surface area contributed by atoms with E-state index in [0.29, 0.717) is 11.1 Å². The van der Waals surface area contributed by atoms with Crippen LogP contribution in [0.1, 0.15) is 38.6 Å². The number of nitrogens with two attached hydrogens (primary N) is 1. The molecule has 0 atom stereocenters. The molecule has 2 aromatic heterocycles. The van der Waals surface area contributed by atoms with Gasteiger partial charge in [0.15, 0.2) is 0 Å². The van der Waals surface area contributed by atoms with Crippen LogP contribution in [-0.2, 0) is 17.7 Å². The summed E-state index contributed by atoms with van der Waals surface area (Å²) >= 11 is 0. The van der Waals surface area contributed by atoms with Crippen LogP contribution in [0.3, 0.4) is 0 Å². The molecule has 0 radical (unpaired) electrons. The van der Waals surface area contributed by atoms with Crippen molar-refractivity contribution >= 4 is 22.8 Å². The lowest BCUT2D eigenvalue weighted by Crippen LogP contribution is -2.29. The first-order valence-electron chi connectivity index (χ1n) is 9.60. The quantitative estimate of drug-likeness (QED) is 0.665. The molecule has 0 fully saturated rings. The van der Waals surface area contributed by atoms with E-state index < -0.39 is 29.9 Å². The van der Waals surface area contributed by atoms with E-state index in [-0.39, 0.29) is 30.0 Å². The highest BCUT2D eigenvalue weighted by molar-refractivity contribution is 5.89. The number of halogens is 3. The number of aryl methyl sites for hydroxylation is 1. The van der Waals surface area contributed by atoms with Gasteiger partial charge in [-0.05, 0) is 51.0 Å². The summed E-state index contributed by atoms with van der Waals surface area (Å²) in [5.74, 6) is 0.149. The van der Waals surface area contributed by atoms with Crippen LogP contribution in [0.15, 0.2) is 41.3 Å². The van der Waals surface area contributed by atoms with Crippen molar-refractivity contribution in [2.24, 2.45) is 0 Å². The largest absolute Gasteiger partial charge is 0.443 e. The van der Waals surface area contributed by atoms with Crippen molar-refractivity contribution in [1.29, 1.82) is 0 Å². The summed E-state index contributed by atoms with van der Waals surface area (Å²) in [7, 11) is 0. The van der Waals surface area contributed by atoms with Gasteiger partial charge in [-0.1, -0.05) is 12.1 Å². The van der Waals surface area contributed by atoms with Gasteiger partial charge in [0.25, 0.3) is 5.56 Å². The first-order chi connectivity index (χ1) is 14.4. The van der Waals surface area contributed by atoms with E-state index in [1.807, 2.05) is 0 Å². The Morgan fingerprint density at radius 1 is 1.16 bits per heavy atom. The molecule has 3 aromatic rings. The van der Waals surface area contributed by atoms with Gasteiger partial charge >= 0.3 is 12.3 Å². The molecule has 0 bridgehead atoms. The lowest BCUT2D eigenvalue weighted by Gasteiger charge is -2.20. The number of imidazole rings is 1. The van der Waals surface area contributed by atoms with E-state index in [4.69, 9.17) is 10.5 Å². The van der Waals surface area contributed by atoms with Gasteiger partial charge in [-0.3, -0.25) is 4.79 Å². The Morgan fingerprint density at radius 3 is 2.52 bits per heavy atom. The van der Waals surface area contributed by atoms with Crippen molar-refractivity contribution in [3.8, 4) is 0 Å². The summed E-state index contributed by atoms with van der Waals surface area (Å²) in [6.45, 7) is 4.97. The molecule has 10 heteroatoms. The summed E-state index contributed by atoms with van der Waals surface area (Å²) in [5, 5.41) is 0. The highest BCUT2D eigenvalue weighted by Gasteiger charge is 2.28. The minimum Gasteiger partial charge on any atom is -0.443 e. The standard InChI is InChI=1S/C21H23F3N4O3/c1-20(2,3)31-19(30)28-15-8-4-6-13(9-10-21(22,23)24)17(15)26-16(28)12-27-11-5-7-14(25)18(27)29/h4-8,11H,9-10,12,25H2,1-3H3. The number of anilines is 1. The lowest BCUT2D eigenvalue weighted by atomic mass is 10.1. The van der Waals surface area contributed by atoms with E-state index in [1.54, 1.807) is 39.0 Å². The van der Waals surface area contributed by atoms with Gasteiger partial charge in [0.05, 0.1) is 23.3 Å². The van der Waals surface area contributed by atoms with Crippen molar-refractivity contribution in [2.45, 2.75) is 51.9 Å². The predicted molar refractivity (Wildman–Crippen MR) is 110 cm³/mol. The maximum Gasteiger partial charge on any atom is 0.420 e. The molecular weight excluding hydrogens is 413 g/mol. The lowest BCUT2D eigenvalue weighted by molar-refractivity contribution is -0.133. The fraction of sp³-hybridized carbons (Fsp3) is 0.381. The average Bonchev–Trinajstić information content (AvgIpc) is 3.00. The molecule has 0 aliphatic heterocycles. The van der Waals surface area contributed by atoms with Crippen molar-refractivity contribution in [3.05, 3.63) is 58.3 Å². The predicted octanol–water partition coefficient (Wildman–Crippen LogP) is 4.11. The van der Waals surface area contributed by atoms with Crippen LogP contribution in [0.25, 0.3) is 11.0 Å². The minimum absolute atomic E-state index is 0.0216. The van der Waals surface area contributed by atoms with Crippen LogP contribution in [0.4, 0.5) is 23.7 Å². The zero-order valence-corrected chi connectivity index (χ0v) is 17.4. The molecule has 0 unspecified atom stereocenters. The maximum absolute atomic E-state index is 12.9. The Morgan fingerprint density at radius 2 is 1.87 bits per heavy atom. The number of ether oxygens (including phenoxy) is 1. The zero-order valence-electron chi connectivity index (χ0n) is 17.4. The van der Waals surface area contributed by atoms with Gasteiger partial charge in [-0.15, -0.1) is 0 Å². The third-order valence-corrected chi connectivity index (χ3v) is 4.45. The first-order valence-corrected chi connectivity index (χ1v) is 9.60. The molecule has 1 aromatic carbocycles. The van der Waals surface area contributed by atoms with Crippen LogP contribution < -0.4 is 11.3 Å². The van der Waals surface area contributed by atoms with Crippen molar-refractivity contribution in [1.82, 2.24) is 14.1 Å². The van der Waals surface area contributed by atoms with E-state index in [0.717, 1.165) is 0 Å². The Labute approximate surface area is 176 Å². The topological polar surface area (TPSA) is 92.1 Å². The molecule has 2 N–H and O–H groups in total. The van der Waals surface area contributed by atoms with E-state index >= 15 is 0 Å². The molecule has 0 amide bonds. The van der Waals surface area contributed by atoms with Gasteiger partial charge in [0, 0.05) is 12.6 Å². The number of carbonyl (C=O) groups is 1. The molecular formula is C21H23F3N4O3. The van der Waals surface area contributed by atoms with Crippen LogP contribution in [0, 0.1) is 0 Å². The number of carbonyl (C=O) groups excluding carboxylic acids is 1. The van der Waals surface area contributed by atoms with Gasteiger partial charge in [-0.2, -0.15) is 13.2 Å². The monoisotopic (exact) mass is 436 g/mol. The second kappa shape index (κ2) is 8.09. The van der Waals surface area contributed by atoms with Crippen LogP contribution >= 0.6 is 0 Å².